The summed E-state index contributed by atoms with van der Waals surface area (Å²) in [6, 6.07) is 5.85. The van der Waals surface area contributed by atoms with Crippen molar-refractivity contribution < 1.29 is 5.11 Å². The molecule has 98 valence electrons. The van der Waals surface area contributed by atoms with Gasteiger partial charge in [0.15, 0.2) is 0 Å². The van der Waals surface area contributed by atoms with E-state index < -0.39 is 0 Å². The smallest absolute Gasteiger partial charge is 0.119 e. The first-order chi connectivity index (χ1) is 8.81. The maximum absolute atomic E-state index is 10.0. The lowest BCUT2D eigenvalue weighted by Gasteiger charge is -2.22. The SMILES string of the molecule is C=CCc1cccc(O)c1CCC1CCCCC1. The van der Waals surface area contributed by atoms with Crippen LogP contribution < -0.4 is 0 Å². The van der Waals surface area contributed by atoms with Gasteiger partial charge in [0, 0.05) is 0 Å². The minimum Gasteiger partial charge on any atom is -0.508 e. The molecule has 0 aliphatic heterocycles. The molecule has 1 heteroatoms. The highest BCUT2D eigenvalue weighted by Gasteiger charge is 2.15. The topological polar surface area (TPSA) is 20.2 Å². The van der Waals surface area contributed by atoms with Crippen molar-refractivity contribution in [3.05, 3.63) is 42.0 Å². The van der Waals surface area contributed by atoms with E-state index in [1.54, 1.807) is 0 Å². The van der Waals surface area contributed by atoms with Gasteiger partial charge in [-0.3, -0.25) is 0 Å². The quantitative estimate of drug-likeness (QED) is 0.748. The van der Waals surface area contributed by atoms with Crippen molar-refractivity contribution in [2.45, 2.75) is 51.4 Å². The van der Waals surface area contributed by atoms with Gasteiger partial charge in [-0.25, -0.2) is 0 Å². The molecule has 1 aliphatic carbocycles. The number of allylic oxidation sites excluding steroid dienone is 1. The molecule has 0 aromatic heterocycles. The fraction of sp³-hybridized carbons (Fsp3) is 0.529. The number of phenolic OH excluding ortho intramolecular Hbond substituents is 1. The minimum absolute atomic E-state index is 0.463. The molecule has 0 unspecified atom stereocenters. The largest absolute Gasteiger partial charge is 0.508 e. The Kier molecular flexibility index (Phi) is 4.86. The molecule has 0 amide bonds. The molecule has 1 N–H and O–H groups in total. The van der Waals surface area contributed by atoms with Crippen LogP contribution in [0.2, 0.25) is 0 Å². The van der Waals surface area contributed by atoms with E-state index in [1.807, 2.05) is 18.2 Å². The van der Waals surface area contributed by atoms with Gasteiger partial charge in [-0.1, -0.05) is 50.3 Å². The Labute approximate surface area is 111 Å². The van der Waals surface area contributed by atoms with E-state index in [2.05, 4.69) is 12.6 Å². The summed E-state index contributed by atoms with van der Waals surface area (Å²) in [6.07, 6.45) is 12.0. The van der Waals surface area contributed by atoms with Crippen LogP contribution in [0.3, 0.4) is 0 Å². The van der Waals surface area contributed by atoms with E-state index in [1.165, 1.54) is 44.1 Å². The van der Waals surface area contributed by atoms with Crippen molar-refractivity contribution in [2.24, 2.45) is 5.92 Å². The normalized spacial score (nSPS) is 16.7. The number of hydrogen-bond donors (Lipinski definition) is 1. The fourth-order valence-corrected chi connectivity index (χ4v) is 3.08. The zero-order chi connectivity index (χ0) is 12.8. The van der Waals surface area contributed by atoms with Crippen LogP contribution in [0.15, 0.2) is 30.9 Å². The maximum Gasteiger partial charge on any atom is 0.119 e. The van der Waals surface area contributed by atoms with Gasteiger partial charge < -0.3 is 5.11 Å². The molecule has 1 aromatic rings. The van der Waals surface area contributed by atoms with E-state index in [0.717, 1.165) is 24.3 Å². The molecule has 0 spiro atoms. The standard InChI is InChI=1S/C17H24O/c1-2-7-15-10-6-11-17(18)16(15)13-12-14-8-4-3-5-9-14/h2,6,10-11,14,18H,1,3-5,7-9,12-13H2. The Morgan fingerprint density at radius 1 is 1.22 bits per heavy atom. The van der Waals surface area contributed by atoms with Gasteiger partial charge in [-0.15, -0.1) is 6.58 Å². The van der Waals surface area contributed by atoms with Crippen LogP contribution >= 0.6 is 0 Å². The van der Waals surface area contributed by atoms with Gasteiger partial charge >= 0.3 is 0 Å². The molecule has 2 rings (SSSR count). The summed E-state index contributed by atoms with van der Waals surface area (Å²) in [4.78, 5) is 0. The Bertz CT molecular complexity index is 389. The van der Waals surface area contributed by atoms with Crippen LogP contribution in [0, 0.1) is 5.92 Å². The predicted molar refractivity (Wildman–Crippen MR) is 76.9 cm³/mol. The summed E-state index contributed by atoms with van der Waals surface area (Å²) in [7, 11) is 0. The Hall–Kier alpha value is -1.24. The molecule has 1 nitrogen and oxygen atoms in total. The first kappa shape index (κ1) is 13.2. The minimum atomic E-state index is 0.463. The molecule has 0 bridgehead atoms. The average molecular weight is 244 g/mol. The van der Waals surface area contributed by atoms with E-state index >= 15 is 0 Å². The lowest BCUT2D eigenvalue weighted by Crippen LogP contribution is -2.08. The molecule has 0 saturated heterocycles. The summed E-state index contributed by atoms with van der Waals surface area (Å²) in [5, 5.41) is 10.0. The highest BCUT2D eigenvalue weighted by Crippen LogP contribution is 2.30. The molecular formula is C17H24O. The second-order valence-corrected chi connectivity index (χ2v) is 5.45. The van der Waals surface area contributed by atoms with Gasteiger partial charge in [0.1, 0.15) is 5.75 Å². The van der Waals surface area contributed by atoms with E-state index in [9.17, 15) is 5.11 Å². The van der Waals surface area contributed by atoms with Crippen molar-refractivity contribution >= 4 is 0 Å². The molecule has 1 aromatic carbocycles. The van der Waals surface area contributed by atoms with Crippen LogP contribution in [-0.4, -0.2) is 5.11 Å². The van der Waals surface area contributed by atoms with Crippen LogP contribution in [0.5, 0.6) is 5.75 Å². The van der Waals surface area contributed by atoms with Crippen molar-refractivity contribution in [3.8, 4) is 5.75 Å². The van der Waals surface area contributed by atoms with E-state index in [0.29, 0.717) is 5.75 Å². The highest BCUT2D eigenvalue weighted by molar-refractivity contribution is 5.40. The van der Waals surface area contributed by atoms with Crippen LogP contribution in [-0.2, 0) is 12.8 Å². The summed E-state index contributed by atoms with van der Waals surface area (Å²) in [5.74, 6) is 1.33. The zero-order valence-electron chi connectivity index (χ0n) is 11.2. The Morgan fingerprint density at radius 2 is 2.00 bits per heavy atom. The lowest BCUT2D eigenvalue weighted by atomic mass is 9.84. The van der Waals surface area contributed by atoms with Crippen molar-refractivity contribution in [1.82, 2.24) is 0 Å². The number of phenols is 1. The first-order valence-corrected chi connectivity index (χ1v) is 7.22. The molecule has 1 saturated carbocycles. The number of aromatic hydroxyl groups is 1. The fourth-order valence-electron chi connectivity index (χ4n) is 3.08. The third-order valence-electron chi connectivity index (χ3n) is 4.14. The summed E-state index contributed by atoms with van der Waals surface area (Å²) in [5.41, 5.74) is 2.38. The van der Waals surface area contributed by atoms with Gasteiger partial charge in [0.05, 0.1) is 0 Å². The first-order valence-electron chi connectivity index (χ1n) is 7.22. The van der Waals surface area contributed by atoms with Gasteiger partial charge in [0.2, 0.25) is 0 Å². The lowest BCUT2D eigenvalue weighted by molar-refractivity contribution is 0.337. The molecule has 18 heavy (non-hydrogen) atoms. The monoisotopic (exact) mass is 244 g/mol. The van der Waals surface area contributed by atoms with Crippen LogP contribution in [0.25, 0.3) is 0 Å². The van der Waals surface area contributed by atoms with Crippen molar-refractivity contribution in [3.63, 3.8) is 0 Å². The summed E-state index contributed by atoms with van der Waals surface area (Å²) < 4.78 is 0. The van der Waals surface area contributed by atoms with E-state index in [-0.39, 0.29) is 0 Å². The summed E-state index contributed by atoms with van der Waals surface area (Å²) in [6.45, 7) is 3.80. The van der Waals surface area contributed by atoms with Crippen LogP contribution in [0.1, 0.15) is 49.7 Å². The number of rotatable bonds is 5. The van der Waals surface area contributed by atoms with Gasteiger partial charge in [-0.05, 0) is 42.4 Å². The number of benzene rings is 1. The Morgan fingerprint density at radius 3 is 2.72 bits per heavy atom. The summed E-state index contributed by atoms with van der Waals surface area (Å²) >= 11 is 0. The van der Waals surface area contributed by atoms with Crippen molar-refractivity contribution in [2.75, 3.05) is 0 Å². The second-order valence-electron chi connectivity index (χ2n) is 5.45. The Balaban J connectivity index is 2.00. The molecule has 1 aliphatic rings. The molecule has 1 fully saturated rings. The molecule has 0 radical (unpaired) electrons. The van der Waals surface area contributed by atoms with Gasteiger partial charge in [-0.2, -0.15) is 0 Å². The third-order valence-corrected chi connectivity index (χ3v) is 4.14. The third kappa shape index (κ3) is 3.38. The van der Waals surface area contributed by atoms with Crippen molar-refractivity contribution in [1.29, 1.82) is 0 Å². The van der Waals surface area contributed by atoms with Crippen LogP contribution in [0.4, 0.5) is 0 Å². The maximum atomic E-state index is 10.0. The van der Waals surface area contributed by atoms with Gasteiger partial charge in [0.25, 0.3) is 0 Å². The second kappa shape index (κ2) is 6.63. The average Bonchev–Trinajstić information content (AvgIpc) is 2.40. The molecular weight excluding hydrogens is 220 g/mol. The molecule has 0 heterocycles. The number of hydrogen-bond acceptors (Lipinski definition) is 1. The molecule has 0 atom stereocenters. The highest BCUT2D eigenvalue weighted by atomic mass is 16.3. The predicted octanol–water partition coefficient (Wildman–Crippen LogP) is 4.63. The zero-order valence-corrected chi connectivity index (χ0v) is 11.2. The van der Waals surface area contributed by atoms with E-state index in [4.69, 9.17) is 0 Å².